The van der Waals surface area contributed by atoms with Crippen LogP contribution in [0.25, 0.3) is 0 Å². The van der Waals surface area contributed by atoms with Gasteiger partial charge in [0.25, 0.3) is 0 Å². The summed E-state index contributed by atoms with van der Waals surface area (Å²) < 4.78 is 6.62. The molecule has 1 saturated carbocycles. The van der Waals surface area contributed by atoms with Gasteiger partial charge in [-0.3, -0.25) is 19.5 Å². The van der Waals surface area contributed by atoms with E-state index in [2.05, 4.69) is 29.2 Å². The third kappa shape index (κ3) is 7.32. The van der Waals surface area contributed by atoms with E-state index < -0.39 is 0 Å². The Morgan fingerprint density at radius 3 is 2.66 bits per heavy atom. The first kappa shape index (κ1) is 28.0. The average Bonchev–Trinajstić information content (AvgIpc) is 2.97. The SMILES string of the molecule is C[C@H]1CN([C@@H](C)CO)C(=O)Cc2cc(NC(=O)C3CCCCC3)ccc2O[C@H]1CN(C)Cc1ccncc1. The van der Waals surface area contributed by atoms with E-state index in [1.165, 1.54) is 12.0 Å². The van der Waals surface area contributed by atoms with Crippen LogP contribution in [0.4, 0.5) is 5.69 Å². The van der Waals surface area contributed by atoms with Crippen molar-refractivity contribution in [2.45, 2.75) is 71.1 Å². The number of hydrogen-bond donors (Lipinski definition) is 2. The summed E-state index contributed by atoms with van der Waals surface area (Å²) in [6, 6.07) is 9.35. The fraction of sp³-hybridized carbons (Fsp3) is 0.567. The van der Waals surface area contributed by atoms with Crippen LogP contribution in [0.3, 0.4) is 0 Å². The molecule has 2 amide bonds. The van der Waals surface area contributed by atoms with Crippen molar-refractivity contribution in [2.75, 3.05) is 32.1 Å². The van der Waals surface area contributed by atoms with Crippen LogP contribution >= 0.6 is 0 Å². The van der Waals surface area contributed by atoms with Gasteiger partial charge in [-0.2, -0.15) is 0 Å². The van der Waals surface area contributed by atoms with Crippen molar-refractivity contribution in [3.05, 3.63) is 53.9 Å². The summed E-state index contributed by atoms with van der Waals surface area (Å²) in [7, 11) is 2.06. The number of likely N-dealkylation sites (N-methyl/N-ethyl adjacent to an activating group) is 1. The number of nitrogens with zero attached hydrogens (tertiary/aromatic N) is 3. The standard InChI is InChI=1S/C30H42N4O4/c1-21-17-34(22(2)20-35)29(36)16-25-15-26(32-30(37)24-7-5-4-6-8-24)9-10-27(25)38-28(21)19-33(3)18-23-11-13-31-14-12-23/h9-15,21-22,24,28,35H,4-8,16-20H2,1-3H3,(H,32,37)/t21-,22-,28-/m0/s1. The third-order valence-corrected chi connectivity index (χ3v) is 7.85. The number of ether oxygens (including phenoxy) is 1. The van der Waals surface area contributed by atoms with Crippen LogP contribution in [0.2, 0.25) is 0 Å². The van der Waals surface area contributed by atoms with E-state index in [0.29, 0.717) is 24.5 Å². The number of aliphatic hydroxyl groups excluding tert-OH is 1. The highest BCUT2D eigenvalue weighted by molar-refractivity contribution is 5.93. The smallest absolute Gasteiger partial charge is 0.227 e. The van der Waals surface area contributed by atoms with E-state index in [-0.39, 0.29) is 48.8 Å². The Morgan fingerprint density at radius 2 is 1.95 bits per heavy atom. The van der Waals surface area contributed by atoms with E-state index in [9.17, 15) is 14.7 Å². The van der Waals surface area contributed by atoms with Crippen LogP contribution in [-0.2, 0) is 22.6 Å². The predicted octanol–water partition coefficient (Wildman–Crippen LogP) is 3.88. The van der Waals surface area contributed by atoms with Gasteiger partial charge in [0.1, 0.15) is 11.9 Å². The zero-order valence-corrected chi connectivity index (χ0v) is 22.9. The third-order valence-electron chi connectivity index (χ3n) is 7.85. The van der Waals surface area contributed by atoms with Crippen molar-refractivity contribution in [1.82, 2.24) is 14.8 Å². The molecule has 1 aromatic carbocycles. The summed E-state index contributed by atoms with van der Waals surface area (Å²) >= 11 is 0. The second-order valence-corrected chi connectivity index (χ2v) is 11.1. The highest BCUT2D eigenvalue weighted by Crippen LogP contribution is 2.30. The Morgan fingerprint density at radius 1 is 1.21 bits per heavy atom. The highest BCUT2D eigenvalue weighted by Gasteiger charge is 2.31. The highest BCUT2D eigenvalue weighted by atomic mass is 16.5. The van der Waals surface area contributed by atoms with Crippen LogP contribution in [0.15, 0.2) is 42.7 Å². The molecule has 2 heterocycles. The number of pyridine rings is 1. The Hall–Kier alpha value is -2.97. The molecule has 1 aromatic heterocycles. The summed E-state index contributed by atoms with van der Waals surface area (Å²) in [6.07, 6.45) is 8.81. The van der Waals surface area contributed by atoms with E-state index in [1.54, 1.807) is 17.3 Å². The number of amides is 2. The normalized spacial score (nSPS) is 21.6. The molecule has 2 N–H and O–H groups in total. The largest absolute Gasteiger partial charge is 0.488 e. The molecule has 206 valence electrons. The maximum absolute atomic E-state index is 13.4. The zero-order valence-electron chi connectivity index (χ0n) is 22.9. The number of carbonyl (C=O) groups is 2. The molecular weight excluding hydrogens is 480 g/mol. The second kappa shape index (κ2) is 13.2. The number of aliphatic hydroxyl groups is 1. The Labute approximate surface area is 226 Å². The number of fused-ring (bicyclic) bond motifs is 1. The van der Waals surface area contributed by atoms with Crippen molar-refractivity contribution in [1.29, 1.82) is 0 Å². The van der Waals surface area contributed by atoms with Gasteiger partial charge in [0.2, 0.25) is 11.8 Å². The molecule has 2 aromatic rings. The van der Waals surface area contributed by atoms with E-state index in [4.69, 9.17) is 4.74 Å². The van der Waals surface area contributed by atoms with Gasteiger partial charge < -0.3 is 20.1 Å². The van der Waals surface area contributed by atoms with Crippen LogP contribution in [0, 0.1) is 11.8 Å². The first-order valence-corrected chi connectivity index (χ1v) is 13.9. The first-order valence-electron chi connectivity index (χ1n) is 13.9. The molecule has 1 aliphatic carbocycles. The van der Waals surface area contributed by atoms with Gasteiger partial charge in [-0.05, 0) is 62.7 Å². The van der Waals surface area contributed by atoms with Crippen molar-refractivity contribution < 1.29 is 19.4 Å². The number of rotatable bonds is 8. The molecule has 3 atom stereocenters. The summed E-state index contributed by atoms with van der Waals surface area (Å²) in [5, 5.41) is 13.0. The molecular formula is C30H42N4O4. The Balaban J connectivity index is 1.57. The number of hydrogen-bond acceptors (Lipinski definition) is 6. The maximum atomic E-state index is 13.4. The molecule has 8 heteroatoms. The summed E-state index contributed by atoms with van der Waals surface area (Å²) in [4.78, 5) is 34.4. The molecule has 4 rings (SSSR count). The van der Waals surface area contributed by atoms with Crippen molar-refractivity contribution >= 4 is 17.5 Å². The number of benzene rings is 1. The van der Waals surface area contributed by atoms with Gasteiger partial charge >= 0.3 is 0 Å². The number of nitrogens with one attached hydrogen (secondary N) is 1. The monoisotopic (exact) mass is 522 g/mol. The minimum Gasteiger partial charge on any atom is -0.488 e. The number of carbonyl (C=O) groups excluding carboxylic acids is 2. The van der Waals surface area contributed by atoms with Gasteiger partial charge in [0.15, 0.2) is 0 Å². The summed E-state index contributed by atoms with van der Waals surface area (Å²) in [5.41, 5.74) is 2.61. The van der Waals surface area contributed by atoms with Gasteiger partial charge in [0.05, 0.1) is 19.1 Å². The summed E-state index contributed by atoms with van der Waals surface area (Å²) in [6.45, 7) is 5.78. The molecule has 0 radical (unpaired) electrons. The predicted molar refractivity (Wildman–Crippen MR) is 148 cm³/mol. The fourth-order valence-electron chi connectivity index (χ4n) is 5.51. The minimum atomic E-state index is -0.295. The first-order chi connectivity index (χ1) is 18.3. The molecule has 0 saturated heterocycles. The average molecular weight is 523 g/mol. The number of anilines is 1. The lowest BCUT2D eigenvalue weighted by atomic mass is 9.88. The van der Waals surface area contributed by atoms with Crippen LogP contribution in [0.5, 0.6) is 5.75 Å². The maximum Gasteiger partial charge on any atom is 0.227 e. The second-order valence-electron chi connectivity index (χ2n) is 11.1. The fourth-order valence-corrected chi connectivity index (χ4v) is 5.51. The molecule has 0 spiro atoms. The van der Waals surface area contributed by atoms with Gasteiger partial charge in [-0.25, -0.2) is 0 Å². The number of aromatic nitrogens is 1. The quantitative estimate of drug-likeness (QED) is 0.546. The van der Waals surface area contributed by atoms with Crippen molar-refractivity contribution in [2.24, 2.45) is 11.8 Å². The van der Waals surface area contributed by atoms with Crippen LogP contribution in [-0.4, -0.2) is 70.6 Å². The van der Waals surface area contributed by atoms with Gasteiger partial charge in [-0.1, -0.05) is 26.2 Å². The lowest BCUT2D eigenvalue weighted by Crippen LogP contribution is -2.47. The molecule has 2 aliphatic rings. The van der Waals surface area contributed by atoms with Crippen LogP contribution < -0.4 is 10.1 Å². The summed E-state index contributed by atoms with van der Waals surface area (Å²) in [5.74, 6) is 0.754. The Bertz CT molecular complexity index is 1070. The topological polar surface area (TPSA) is 95.0 Å². The van der Waals surface area contributed by atoms with E-state index in [1.807, 2.05) is 37.3 Å². The lowest BCUT2D eigenvalue weighted by molar-refractivity contribution is -0.134. The van der Waals surface area contributed by atoms with Gasteiger partial charge in [-0.15, -0.1) is 0 Å². The Kier molecular flexibility index (Phi) is 9.74. The molecule has 0 unspecified atom stereocenters. The molecule has 8 nitrogen and oxygen atoms in total. The van der Waals surface area contributed by atoms with Crippen molar-refractivity contribution in [3.8, 4) is 5.75 Å². The van der Waals surface area contributed by atoms with Gasteiger partial charge in [0, 0.05) is 55.1 Å². The van der Waals surface area contributed by atoms with E-state index >= 15 is 0 Å². The minimum absolute atomic E-state index is 0.0319. The lowest BCUT2D eigenvalue weighted by Gasteiger charge is -2.34. The van der Waals surface area contributed by atoms with Crippen molar-refractivity contribution in [3.63, 3.8) is 0 Å². The molecule has 0 bridgehead atoms. The molecule has 1 fully saturated rings. The van der Waals surface area contributed by atoms with Crippen LogP contribution in [0.1, 0.15) is 57.1 Å². The zero-order chi connectivity index (χ0) is 27.1. The van der Waals surface area contributed by atoms with E-state index in [0.717, 1.165) is 37.8 Å². The molecule has 38 heavy (non-hydrogen) atoms. The molecule has 1 aliphatic heterocycles.